The van der Waals surface area contributed by atoms with Crippen molar-refractivity contribution in [2.45, 2.75) is 38.6 Å². The van der Waals surface area contributed by atoms with Crippen molar-refractivity contribution >= 4 is 5.91 Å². The first-order chi connectivity index (χ1) is 6.22. The molecule has 13 heavy (non-hydrogen) atoms. The molecule has 3 nitrogen and oxygen atoms in total. The molecule has 1 aliphatic carbocycles. The van der Waals surface area contributed by atoms with Crippen LogP contribution in [0.3, 0.4) is 0 Å². The molecule has 0 aromatic carbocycles. The summed E-state index contributed by atoms with van der Waals surface area (Å²) in [5, 5.41) is 2.99. The highest BCUT2D eigenvalue weighted by molar-refractivity contribution is 5.77. The standard InChI is InChI=1S/C10H19NO2/c1-8-4-3-5-9(6-8)11-10(12)7-13-2/h8-9H,3-7H2,1-2H3,(H,11,12)/t8-,9+/m0/s1. The van der Waals surface area contributed by atoms with E-state index in [2.05, 4.69) is 12.2 Å². The summed E-state index contributed by atoms with van der Waals surface area (Å²) < 4.78 is 4.76. The molecule has 1 rings (SSSR count). The van der Waals surface area contributed by atoms with Gasteiger partial charge in [0.25, 0.3) is 0 Å². The first kappa shape index (κ1) is 10.5. The molecule has 0 bridgehead atoms. The van der Waals surface area contributed by atoms with Gasteiger partial charge in [-0.2, -0.15) is 0 Å². The highest BCUT2D eigenvalue weighted by Gasteiger charge is 2.19. The van der Waals surface area contributed by atoms with E-state index in [0.717, 1.165) is 18.8 Å². The van der Waals surface area contributed by atoms with Crippen molar-refractivity contribution in [1.29, 1.82) is 0 Å². The molecule has 0 radical (unpaired) electrons. The van der Waals surface area contributed by atoms with Gasteiger partial charge in [-0.15, -0.1) is 0 Å². The second kappa shape index (κ2) is 5.22. The van der Waals surface area contributed by atoms with E-state index in [1.165, 1.54) is 12.8 Å². The van der Waals surface area contributed by atoms with Gasteiger partial charge in [-0.25, -0.2) is 0 Å². The zero-order chi connectivity index (χ0) is 9.68. The van der Waals surface area contributed by atoms with Gasteiger partial charge < -0.3 is 10.1 Å². The van der Waals surface area contributed by atoms with E-state index in [-0.39, 0.29) is 12.5 Å². The molecule has 0 heterocycles. The Morgan fingerprint density at radius 1 is 1.54 bits per heavy atom. The van der Waals surface area contributed by atoms with Gasteiger partial charge in [-0.1, -0.05) is 19.8 Å². The Morgan fingerprint density at radius 3 is 2.92 bits per heavy atom. The molecular weight excluding hydrogens is 166 g/mol. The molecule has 1 aliphatic rings. The molecule has 1 amide bonds. The van der Waals surface area contributed by atoms with Gasteiger partial charge in [-0.05, 0) is 18.8 Å². The molecule has 0 spiro atoms. The molecule has 1 N–H and O–H groups in total. The highest BCUT2D eigenvalue weighted by atomic mass is 16.5. The molecular formula is C10H19NO2. The van der Waals surface area contributed by atoms with Crippen molar-refractivity contribution in [2.75, 3.05) is 13.7 Å². The van der Waals surface area contributed by atoms with Crippen LogP contribution < -0.4 is 5.32 Å². The molecule has 1 fully saturated rings. The molecule has 0 aliphatic heterocycles. The van der Waals surface area contributed by atoms with Crippen molar-refractivity contribution in [3.05, 3.63) is 0 Å². The van der Waals surface area contributed by atoms with Gasteiger partial charge in [0.15, 0.2) is 0 Å². The minimum atomic E-state index is 0.0154. The second-order valence-electron chi connectivity index (χ2n) is 3.97. The van der Waals surface area contributed by atoms with Crippen LogP contribution in [-0.4, -0.2) is 25.7 Å². The Hall–Kier alpha value is -0.570. The van der Waals surface area contributed by atoms with Crippen LogP contribution in [0.4, 0.5) is 0 Å². The fourth-order valence-corrected chi connectivity index (χ4v) is 1.97. The predicted octanol–water partition coefficient (Wildman–Crippen LogP) is 1.33. The largest absolute Gasteiger partial charge is 0.375 e. The minimum absolute atomic E-state index is 0.0154. The van der Waals surface area contributed by atoms with Gasteiger partial charge in [0.05, 0.1) is 0 Å². The molecule has 0 unspecified atom stereocenters. The number of methoxy groups -OCH3 is 1. The van der Waals surface area contributed by atoms with Crippen molar-refractivity contribution in [3.63, 3.8) is 0 Å². The summed E-state index contributed by atoms with van der Waals surface area (Å²) in [6.45, 7) is 2.43. The molecule has 0 saturated heterocycles. The van der Waals surface area contributed by atoms with Gasteiger partial charge in [0.2, 0.25) is 5.91 Å². The third-order valence-electron chi connectivity index (χ3n) is 2.58. The smallest absolute Gasteiger partial charge is 0.246 e. The Labute approximate surface area is 79.8 Å². The van der Waals surface area contributed by atoms with E-state index >= 15 is 0 Å². The van der Waals surface area contributed by atoms with Gasteiger partial charge in [0.1, 0.15) is 6.61 Å². The second-order valence-corrected chi connectivity index (χ2v) is 3.97. The lowest BCUT2D eigenvalue weighted by molar-refractivity contribution is -0.125. The van der Waals surface area contributed by atoms with Crippen LogP contribution in [-0.2, 0) is 9.53 Å². The number of hydrogen-bond donors (Lipinski definition) is 1. The van der Waals surface area contributed by atoms with Crippen LogP contribution >= 0.6 is 0 Å². The number of rotatable bonds is 3. The Morgan fingerprint density at radius 2 is 2.31 bits per heavy atom. The number of hydrogen-bond acceptors (Lipinski definition) is 2. The van der Waals surface area contributed by atoms with Crippen molar-refractivity contribution < 1.29 is 9.53 Å². The Kier molecular flexibility index (Phi) is 4.22. The number of carbonyl (C=O) groups is 1. The molecule has 0 aromatic rings. The van der Waals surface area contributed by atoms with Crippen LogP contribution in [0.2, 0.25) is 0 Å². The monoisotopic (exact) mass is 185 g/mol. The highest BCUT2D eigenvalue weighted by Crippen LogP contribution is 2.23. The lowest BCUT2D eigenvalue weighted by Crippen LogP contribution is -2.39. The predicted molar refractivity (Wildman–Crippen MR) is 51.4 cm³/mol. The summed E-state index contributed by atoms with van der Waals surface area (Å²) in [6.07, 6.45) is 4.78. The zero-order valence-corrected chi connectivity index (χ0v) is 8.51. The van der Waals surface area contributed by atoms with Crippen LogP contribution in [0.5, 0.6) is 0 Å². The number of nitrogens with one attached hydrogen (secondary N) is 1. The van der Waals surface area contributed by atoms with Gasteiger partial charge in [0, 0.05) is 13.2 Å². The molecule has 1 saturated carbocycles. The van der Waals surface area contributed by atoms with Gasteiger partial charge >= 0.3 is 0 Å². The van der Waals surface area contributed by atoms with E-state index in [1.54, 1.807) is 7.11 Å². The maximum Gasteiger partial charge on any atom is 0.246 e. The van der Waals surface area contributed by atoms with E-state index in [9.17, 15) is 4.79 Å². The molecule has 0 aromatic heterocycles. The van der Waals surface area contributed by atoms with Crippen molar-refractivity contribution in [2.24, 2.45) is 5.92 Å². The summed E-state index contributed by atoms with van der Waals surface area (Å²) >= 11 is 0. The number of ether oxygens (including phenoxy) is 1. The maximum absolute atomic E-state index is 11.2. The van der Waals surface area contributed by atoms with E-state index in [0.29, 0.717) is 6.04 Å². The van der Waals surface area contributed by atoms with Gasteiger partial charge in [-0.3, -0.25) is 4.79 Å². The van der Waals surface area contributed by atoms with Crippen molar-refractivity contribution in [3.8, 4) is 0 Å². The van der Waals surface area contributed by atoms with Crippen LogP contribution in [0, 0.1) is 5.92 Å². The molecule has 2 atom stereocenters. The lowest BCUT2D eigenvalue weighted by atomic mass is 9.87. The number of carbonyl (C=O) groups excluding carboxylic acids is 1. The third kappa shape index (κ3) is 3.77. The van der Waals surface area contributed by atoms with Crippen LogP contribution in [0.1, 0.15) is 32.6 Å². The summed E-state index contributed by atoms with van der Waals surface area (Å²) in [7, 11) is 1.54. The lowest BCUT2D eigenvalue weighted by Gasteiger charge is -2.27. The summed E-state index contributed by atoms with van der Waals surface area (Å²) in [5.41, 5.74) is 0. The average Bonchev–Trinajstić information content (AvgIpc) is 2.04. The zero-order valence-electron chi connectivity index (χ0n) is 8.51. The van der Waals surface area contributed by atoms with E-state index in [4.69, 9.17) is 4.74 Å². The van der Waals surface area contributed by atoms with Crippen molar-refractivity contribution in [1.82, 2.24) is 5.32 Å². The first-order valence-electron chi connectivity index (χ1n) is 5.00. The first-order valence-corrected chi connectivity index (χ1v) is 5.00. The van der Waals surface area contributed by atoms with Crippen LogP contribution in [0.15, 0.2) is 0 Å². The summed E-state index contributed by atoms with van der Waals surface area (Å²) in [5.74, 6) is 0.767. The Bertz CT molecular complexity index is 170. The van der Waals surface area contributed by atoms with E-state index in [1.807, 2.05) is 0 Å². The summed E-state index contributed by atoms with van der Waals surface area (Å²) in [6, 6.07) is 0.381. The molecule has 3 heteroatoms. The fraction of sp³-hybridized carbons (Fsp3) is 0.900. The molecule has 76 valence electrons. The Balaban J connectivity index is 2.23. The SMILES string of the molecule is COCC(=O)N[C@@H]1CCC[C@H](C)C1. The number of amides is 1. The topological polar surface area (TPSA) is 38.3 Å². The summed E-state index contributed by atoms with van der Waals surface area (Å²) in [4.78, 5) is 11.2. The normalized spacial score (nSPS) is 28.5. The van der Waals surface area contributed by atoms with E-state index < -0.39 is 0 Å². The average molecular weight is 185 g/mol. The minimum Gasteiger partial charge on any atom is -0.375 e. The third-order valence-corrected chi connectivity index (χ3v) is 2.58. The quantitative estimate of drug-likeness (QED) is 0.720. The maximum atomic E-state index is 11.2. The fourth-order valence-electron chi connectivity index (χ4n) is 1.97. The van der Waals surface area contributed by atoms with Crippen LogP contribution in [0.25, 0.3) is 0 Å².